The van der Waals surface area contributed by atoms with E-state index in [1.165, 1.54) is 18.6 Å². The summed E-state index contributed by atoms with van der Waals surface area (Å²) in [5, 5.41) is 3.57. The molecule has 1 unspecified atom stereocenters. The van der Waals surface area contributed by atoms with Gasteiger partial charge in [0.05, 0.1) is 0 Å². The number of rotatable bonds is 5. The molecule has 0 amide bonds. The lowest BCUT2D eigenvalue weighted by molar-refractivity contribution is 0.390. The largest absolute Gasteiger partial charge is 0.313 e. The van der Waals surface area contributed by atoms with Gasteiger partial charge >= 0.3 is 0 Å². The minimum absolute atomic E-state index is 0.637. The van der Waals surface area contributed by atoms with Crippen LogP contribution in [-0.4, -0.2) is 24.6 Å². The van der Waals surface area contributed by atoms with Crippen molar-refractivity contribution < 1.29 is 0 Å². The molecule has 1 fully saturated rings. The molecule has 0 aliphatic heterocycles. The normalized spacial score (nSPS) is 23.2. The Morgan fingerprint density at radius 2 is 2.18 bits per heavy atom. The van der Waals surface area contributed by atoms with Gasteiger partial charge in [-0.05, 0) is 31.4 Å². The van der Waals surface area contributed by atoms with Crippen molar-refractivity contribution in [1.29, 1.82) is 0 Å². The van der Waals surface area contributed by atoms with Crippen molar-refractivity contribution in [3.05, 3.63) is 0 Å². The molecule has 0 aromatic heterocycles. The van der Waals surface area contributed by atoms with Crippen LogP contribution in [0.1, 0.15) is 26.7 Å². The smallest absolute Gasteiger partial charge is 0.00928 e. The summed E-state index contributed by atoms with van der Waals surface area (Å²) in [5.41, 5.74) is 0.637. The fourth-order valence-corrected chi connectivity index (χ4v) is 1.58. The van der Waals surface area contributed by atoms with Gasteiger partial charge in [0.25, 0.3) is 0 Å². The first-order valence-electron chi connectivity index (χ1n) is 4.41. The molecule has 0 aromatic carbocycles. The second kappa shape index (κ2) is 3.81. The summed E-state index contributed by atoms with van der Waals surface area (Å²) in [4.78, 5) is 0. The summed E-state index contributed by atoms with van der Waals surface area (Å²) in [6, 6.07) is 0.717. The highest BCUT2D eigenvalue weighted by molar-refractivity contribution is 7.98. The number of hydrogen-bond acceptors (Lipinski definition) is 2. The SMILES string of the molecule is CSCCNC(C)C1(C)CC1. The van der Waals surface area contributed by atoms with Gasteiger partial charge in [-0.3, -0.25) is 0 Å². The van der Waals surface area contributed by atoms with Crippen LogP contribution >= 0.6 is 11.8 Å². The van der Waals surface area contributed by atoms with Crippen molar-refractivity contribution in [2.24, 2.45) is 5.41 Å². The fraction of sp³-hybridized carbons (Fsp3) is 1.00. The van der Waals surface area contributed by atoms with Gasteiger partial charge in [-0.2, -0.15) is 11.8 Å². The molecule has 66 valence electrons. The quantitative estimate of drug-likeness (QED) is 0.639. The molecule has 1 saturated carbocycles. The van der Waals surface area contributed by atoms with Gasteiger partial charge in [0.2, 0.25) is 0 Å². The summed E-state index contributed by atoms with van der Waals surface area (Å²) in [7, 11) is 0. The monoisotopic (exact) mass is 173 g/mol. The van der Waals surface area contributed by atoms with E-state index in [0.717, 1.165) is 12.6 Å². The molecule has 11 heavy (non-hydrogen) atoms. The molecule has 0 spiro atoms. The molecule has 0 heterocycles. The Kier molecular flexibility index (Phi) is 3.26. The molecule has 0 saturated heterocycles. The zero-order valence-corrected chi connectivity index (χ0v) is 8.63. The minimum atomic E-state index is 0.637. The van der Waals surface area contributed by atoms with Crippen LogP contribution in [-0.2, 0) is 0 Å². The van der Waals surface area contributed by atoms with Crippen LogP contribution in [0.2, 0.25) is 0 Å². The molecular formula is C9H19NS. The van der Waals surface area contributed by atoms with Gasteiger partial charge in [-0.15, -0.1) is 0 Å². The van der Waals surface area contributed by atoms with E-state index in [-0.39, 0.29) is 0 Å². The molecule has 0 bridgehead atoms. The molecule has 0 aromatic rings. The minimum Gasteiger partial charge on any atom is -0.313 e. The Balaban J connectivity index is 2.06. The third-order valence-electron chi connectivity index (χ3n) is 2.84. The second-order valence-electron chi connectivity index (χ2n) is 3.82. The molecule has 1 nitrogen and oxygen atoms in total. The highest BCUT2D eigenvalue weighted by atomic mass is 32.2. The average molecular weight is 173 g/mol. The number of hydrogen-bond donors (Lipinski definition) is 1. The molecule has 1 aliphatic rings. The first-order valence-corrected chi connectivity index (χ1v) is 5.81. The topological polar surface area (TPSA) is 12.0 Å². The number of nitrogens with one attached hydrogen (secondary N) is 1. The molecular weight excluding hydrogens is 154 g/mol. The molecule has 0 radical (unpaired) electrons. The summed E-state index contributed by atoms with van der Waals surface area (Å²) in [6.45, 7) is 5.86. The Bertz CT molecular complexity index is 121. The van der Waals surface area contributed by atoms with Crippen LogP contribution in [0.3, 0.4) is 0 Å². The Hall–Kier alpha value is 0.310. The van der Waals surface area contributed by atoms with Crippen molar-refractivity contribution in [2.45, 2.75) is 32.7 Å². The van der Waals surface area contributed by atoms with Gasteiger partial charge < -0.3 is 5.32 Å². The highest BCUT2D eigenvalue weighted by Crippen LogP contribution is 2.47. The van der Waals surface area contributed by atoms with E-state index in [0.29, 0.717) is 5.41 Å². The first kappa shape index (κ1) is 9.40. The standard InChI is InChI=1S/C9H19NS/c1-8(9(2)4-5-9)10-6-7-11-3/h8,10H,4-7H2,1-3H3. The van der Waals surface area contributed by atoms with E-state index >= 15 is 0 Å². The summed E-state index contributed by atoms with van der Waals surface area (Å²) < 4.78 is 0. The third kappa shape index (κ3) is 2.68. The van der Waals surface area contributed by atoms with Crippen LogP contribution in [0.4, 0.5) is 0 Å². The third-order valence-corrected chi connectivity index (χ3v) is 3.45. The predicted octanol–water partition coefficient (Wildman–Crippen LogP) is 2.13. The van der Waals surface area contributed by atoms with E-state index in [1.807, 2.05) is 11.8 Å². The molecule has 1 atom stereocenters. The van der Waals surface area contributed by atoms with E-state index in [2.05, 4.69) is 25.4 Å². The van der Waals surface area contributed by atoms with E-state index < -0.39 is 0 Å². The van der Waals surface area contributed by atoms with E-state index in [1.54, 1.807) is 0 Å². The molecule has 1 aliphatic carbocycles. The maximum absolute atomic E-state index is 3.57. The van der Waals surface area contributed by atoms with Crippen molar-refractivity contribution in [3.63, 3.8) is 0 Å². The van der Waals surface area contributed by atoms with Crippen molar-refractivity contribution in [2.75, 3.05) is 18.6 Å². The van der Waals surface area contributed by atoms with Crippen LogP contribution in [0.15, 0.2) is 0 Å². The fourth-order valence-electron chi connectivity index (χ4n) is 1.25. The lowest BCUT2D eigenvalue weighted by Gasteiger charge is -2.19. The van der Waals surface area contributed by atoms with Crippen molar-refractivity contribution >= 4 is 11.8 Å². The van der Waals surface area contributed by atoms with Crippen molar-refractivity contribution in [3.8, 4) is 0 Å². The van der Waals surface area contributed by atoms with Crippen LogP contribution in [0.25, 0.3) is 0 Å². The van der Waals surface area contributed by atoms with Gasteiger partial charge in [-0.25, -0.2) is 0 Å². The zero-order chi connectivity index (χ0) is 8.32. The summed E-state index contributed by atoms with van der Waals surface area (Å²) in [5.74, 6) is 1.24. The van der Waals surface area contributed by atoms with Crippen LogP contribution in [0.5, 0.6) is 0 Å². The average Bonchev–Trinajstić information content (AvgIpc) is 2.70. The second-order valence-corrected chi connectivity index (χ2v) is 4.81. The lowest BCUT2D eigenvalue weighted by Crippen LogP contribution is -2.34. The maximum Gasteiger partial charge on any atom is 0.00928 e. The summed E-state index contributed by atoms with van der Waals surface area (Å²) >= 11 is 1.91. The molecule has 2 heteroatoms. The highest BCUT2D eigenvalue weighted by Gasteiger charge is 2.41. The Morgan fingerprint density at radius 1 is 1.55 bits per heavy atom. The Morgan fingerprint density at radius 3 is 2.64 bits per heavy atom. The summed E-state index contributed by atoms with van der Waals surface area (Å²) in [6.07, 6.45) is 4.99. The van der Waals surface area contributed by atoms with Gasteiger partial charge in [0.15, 0.2) is 0 Å². The number of thioether (sulfide) groups is 1. The molecule has 1 rings (SSSR count). The van der Waals surface area contributed by atoms with Gasteiger partial charge in [0, 0.05) is 18.3 Å². The van der Waals surface area contributed by atoms with Gasteiger partial charge in [0.1, 0.15) is 0 Å². The molecule has 1 N–H and O–H groups in total. The van der Waals surface area contributed by atoms with E-state index in [9.17, 15) is 0 Å². The van der Waals surface area contributed by atoms with Gasteiger partial charge in [-0.1, -0.05) is 6.92 Å². The maximum atomic E-state index is 3.57. The Labute approximate surface area is 74.3 Å². The van der Waals surface area contributed by atoms with Crippen LogP contribution < -0.4 is 5.32 Å². The predicted molar refractivity (Wildman–Crippen MR) is 53.2 cm³/mol. The lowest BCUT2D eigenvalue weighted by atomic mass is 10.0. The zero-order valence-electron chi connectivity index (χ0n) is 7.81. The van der Waals surface area contributed by atoms with Crippen LogP contribution in [0, 0.1) is 5.41 Å². The van der Waals surface area contributed by atoms with E-state index in [4.69, 9.17) is 0 Å². The van der Waals surface area contributed by atoms with Crippen molar-refractivity contribution in [1.82, 2.24) is 5.32 Å². The first-order chi connectivity index (χ1) is 5.19.